The Morgan fingerprint density at radius 2 is 1.63 bits per heavy atom. The van der Waals surface area contributed by atoms with E-state index in [4.69, 9.17) is 4.98 Å². The van der Waals surface area contributed by atoms with Crippen molar-refractivity contribution < 1.29 is 18.0 Å². The molecular formula is C29H36F3N5O. The lowest BCUT2D eigenvalue weighted by molar-refractivity contribution is -0.137. The third kappa shape index (κ3) is 4.96. The van der Waals surface area contributed by atoms with Gasteiger partial charge in [-0.15, -0.1) is 0 Å². The van der Waals surface area contributed by atoms with E-state index in [0.717, 1.165) is 60.2 Å². The number of nitrogens with one attached hydrogen (secondary N) is 1. The minimum Gasteiger partial charge on any atom is -0.353 e. The second-order valence-electron chi connectivity index (χ2n) is 12.1. The number of hydrogen-bond donors (Lipinski definition) is 1. The van der Waals surface area contributed by atoms with Gasteiger partial charge >= 0.3 is 12.2 Å². The maximum atomic E-state index is 13.3. The minimum absolute atomic E-state index is 0.0119. The number of hydrogen-bond acceptors (Lipinski definition) is 4. The number of anilines is 1. The Morgan fingerprint density at radius 1 is 1.00 bits per heavy atom. The van der Waals surface area contributed by atoms with Gasteiger partial charge in [-0.05, 0) is 81.8 Å². The normalized spacial score (nSPS) is 28.6. The lowest BCUT2D eigenvalue weighted by Crippen LogP contribution is -2.63. The van der Waals surface area contributed by atoms with Crippen LogP contribution in [0.2, 0.25) is 0 Å². The molecule has 1 N–H and O–H groups in total. The first-order valence-corrected chi connectivity index (χ1v) is 13.9. The monoisotopic (exact) mass is 527 g/mol. The van der Waals surface area contributed by atoms with Gasteiger partial charge in [-0.1, -0.05) is 18.2 Å². The Balaban J connectivity index is 1.14. The Bertz CT molecular complexity index is 1190. The first-order valence-electron chi connectivity index (χ1n) is 13.9. The van der Waals surface area contributed by atoms with Crippen LogP contribution >= 0.6 is 0 Å². The van der Waals surface area contributed by atoms with E-state index in [2.05, 4.69) is 15.2 Å². The maximum absolute atomic E-state index is 13.3. The highest BCUT2D eigenvalue weighted by molar-refractivity contribution is 5.75. The van der Waals surface area contributed by atoms with E-state index in [0.29, 0.717) is 44.0 Å². The first kappa shape index (κ1) is 25.4. The molecule has 2 heterocycles. The molecule has 5 aliphatic rings. The number of rotatable bonds is 4. The van der Waals surface area contributed by atoms with Gasteiger partial charge in [0.1, 0.15) is 11.6 Å². The fraction of sp³-hybridized carbons (Fsp3) is 0.621. The molecule has 1 saturated heterocycles. The molecular weight excluding hydrogens is 491 g/mol. The Kier molecular flexibility index (Phi) is 6.30. The fourth-order valence-corrected chi connectivity index (χ4v) is 7.94. The van der Waals surface area contributed by atoms with Gasteiger partial charge < -0.3 is 15.1 Å². The Labute approximate surface area is 222 Å². The number of urea groups is 1. The number of halogens is 3. The lowest BCUT2D eigenvalue weighted by atomic mass is 9.53. The van der Waals surface area contributed by atoms with Crippen LogP contribution in [0, 0.1) is 31.6 Å². The van der Waals surface area contributed by atoms with E-state index in [9.17, 15) is 18.0 Å². The topological polar surface area (TPSA) is 61.4 Å². The highest BCUT2D eigenvalue weighted by atomic mass is 19.4. The van der Waals surface area contributed by atoms with Gasteiger partial charge in [-0.2, -0.15) is 13.2 Å². The molecule has 4 bridgehead atoms. The number of alkyl halides is 3. The summed E-state index contributed by atoms with van der Waals surface area (Å²) in [5, 5.41) is 3.48. The van der Waals surface area contributed by atoms with Gasteiger partial charge in [0, 0.05) is 49.4 Å². The average Bonchev–Trinajstić information content (AvgIpc) is 2.84. The summed E-state index contributed by atoms with van der Waals surface area (Å²) in [5.74, 6) is 3.72. The molecule has 204 valence electrons. The van der Waals surface area contributed by atoms with Crippen molar-refractivity contribution in [2.75, 3.05) is 31.1 Å². The fourth-order valence-electron chi connectivity index (χ4n) is 7.94. The van der Waals surface area contributed by atoms with Crippen molar-refractivity contribution in [2.45, 2.75) is 70.5 Å². The van der Waals surface area contributed by atoms with E-state index in [1.165, 1.54) is 31.4 Å². The van der Waals surface area contributed by atoms with Crippen LogP contribution in [0.4, 0.5) is 23.8 Å². The number of aryl methyl sites for hydroxylation is 2. The van der Waals surface area contributed by atoms with Crippen molar-refractivity contribution in [3.8, 4) is 0 Å². The van der Waals surface area contributed by atoms with E-state index in [1.807, 2.05) is 18.7 Å². The van der Waals surface area contributed by atoms with Crippen LogP contribution in [-0.4, -0.2) is 52.6 Å². The van der Waals surface area contributed by atoms with Gasteiger partial charge in [-0.3, -0.25) is 0 Å². The summed E-state index contributed by atoms with van der Waals surface area (Å²) in [6.07, 6.45) is 3.34. The van der Waals surface area contributed by atoms with E-state index >= 15 is 0 Å². The molecule has 7 rings (SSSR count). The zero-order valence-corrected chi connectivity index (χ0v) is 22.2. The van der Waals surface area contributed by atoms with Gasteiger partial charge in [-0.25, -0.2) is 14.8 Å². The molecule has 6 nitrogen and oxygen atoms in total. The van der Waals surface area contributed by atoms with Gasteiger partial charge in [0.05, 0.1) is 5.56 Å². The first-order chi connectivity index (χ1) is 18.1. The molecule has 38 heavy (non-hydrogen) atoms. The zero-order chi connectivity index (χ0) is 26.7. The molecule has 4 saturated carbocycles. The highest BCUT2D eigenvalue weighted by Crippen LogP contribution is 2.55. The standard InChI is InChI=1S/C29H36F3N5O/c1-18-25(14-20-4-3-5-24(13-20)29(30,31)32)26(34-19(2)33-18)36-6-8-37(9-7-36)27(38)35-28-15-21-10-22(16-28)12-23(11-21)17-28/h3-5,13,21-23H,6-12,14-17H2,1-2H3,(H,35,38). The van der Waals surface area contributed by atoms with E-state index in [-0.39, 0.29) is 11.6 Å². The molecule has 0 atom stereocenters. The molecule has 2 amide bonds. The van der Waals surface area contributed by atoms with Crippen LogP contribution in [-0.2, 0) is 12.6 Å². The van der Waals surface area contributed by atoms with Crippen molar-refractivity contribution in [3.63, 3.8) is 0 Å². The molecule has 0 spiro atoms. The highest BCUT2D eigenvalue weighted by Gasteiger charge is 2.52. The quantitative estimate of drug-likeness (QED) is 0.570. The van der Waals surface area contributed by atoms with Crippen LogP contribution in [0.3, 0.4) is 0 Å². The second-order valence-corrected chi connectivity index (χ2v) is 12.1. The summed E-state index contributed by atoms with van der Waals surface area (Å²) in [7, 11) is 0. The predicted molar refractivity (Wildman–Crippen MR) is 139 cm³/mol. The largest absolute Gasteiger partial charge is 0.416 e. The molecule has 5 fully saturated rings. The SMILES string of the molecule is Cc1nc(C)c(Cc2cccc(C(F)(F)F)c2)c(N2CCN(C(=O)NC34CC5CC(CC(C5)C3)C4)CC2)n1. The van der Waals surface area contributed by atoms with Crippen molar-refractivity contribution in [3.05, 3.63) is 52.5 Å². The number of benzene rings is 1. The number of aromatic nitrogens is 2. The number of carbonyl (C=O) groups is 1. The van der Waals surface area contributed by atoms with E-state index < -0.39 is 11.7 Å². The Morgan fingerprint density at radius 3 is 2.24 bits per heavy atom. The smallest absolute Gasteiger partial charge is 0.353 e. The number of nitrogens with zero attached hydrogens (tertiary/aromatic N) is 4. The van der Waals surface area contributed by atoms with Crippen molar-refractivity contribution >= 4 is 11.8 Å². The summed E-state index contributed by atoms with van der Waals surface area (Å²) < 4.78 is 39.8. The maximum Gasteiger partial charge on any atom is 0.416 e. The van der Waals surface area contributed by atoms with Crippen molar-refractivity contribution in [1.82, 2.24) is 20.2 Å². The van der Waals surface area contributed by atoms with Gasteiger partial charge in [0.15, 0.2) is 0 Å². The third-order valence-electron chi connectivity index (χ3n) is 9.22. The summed E-state index contributed by atoms with van der Waals surface area (Å²) in [5.41, 5.74) is 1.52. The van der Waals surface area contributed by atoms with Crippen molar-refractivity contribution in [2.24, 2.45) is 17.8 Å². The van der Waals surface area contributed by atoms with Crippen molar-refractivity contribution in [1.29, 1.82) is 0 Å². The van der Waals surface area contributed by atoms with Gasteiger partial charge in [0.2, 0.25) is 0 Å². The van der Waals surface area contributed by atoms with E-state index in [1.54, 1.807) is 6.07 Å². The molecule has 1 aliphatic heterocycles. The summed E-state index contributed by atoms with van der Waals surface area (Å²) in [6.45, 7) is 6.14. The zero-order valence-electron chi connectivity index (χ0n) is 22.2. The number of amides is 2. The molecule has 1 aromatic heterocycles. The van der Waals surface area contributed by atoms with Crippen LogP contribution in [0.5, 0.6) is 0 Å². The molecule has 1 aromatic carbocycles. The Hall–Kier alpha value is -2.84. The van der Waals surface area contributed by atoms with Crippen LogP contribution in [0.25, 0.3) is 0 Å². The summed E-state index contributed by atoms with van der Waals surface area (Å²) in [4.78, 5) is 26.6. The molecule has 0 radical (unpaired) electrons. The summed E-state index contributed by atoms with van der Waals surface area (Å²) in [6, 6.07) is 5.51. The summed E-state index contributed by atoms with van der Waals surface area (Å²) >= 11 is 0. The predicted octanol–water partition coefficient (Wildman–Crippen LogP) is 5.50. The molecule has 2 aromatic rings. The molecule has 9 heteroatoms. The number of piperazine rings is 1. The third-order valence-corrected chi connectivity index (χ3v) is 9.22. The van der Waals surface area contributed by atoms with Crippen LogP contribution in [0.15, 0.2) is 24.3 Å². The number of carbonyl (C=O) groups excluding carboxylic acids is 1. The van der Waals surface area contributed by atoms with Crippen LogP contribution in [0.1, 0.15) is 66.7 Å². The molecule has 4 aliphatic carbocycles. The van der Waals surface area contributed by atoms with Gasteiger partial charge in [0.25, 0.3) is 0 Å². The minimum atomic E-state index is -4.38. The molecule has 0 unspecified atom stereocenters. The van der Waals surface area contributed by atoms with Crippen LogP contribution < -0.4 is 10.2 Å². The lowest BCUT2D eigenvalue weighted by Gasteiger charge is -2.57. The average molecular weight is 528 g/mol. The second kappa shape index (κ2) is 9.42.